The van der Waals surface area contributed by atoms with Crippen molar-refractivity contribution in [2.45, 2.75) is 5.03 Å². The molecule has 106 valence electrons. The van der Waals surface area contributed by atoms with Gasteiger partial charge in [0.05, 0.1) is 6.54 Å². The number of rotatable bonds is 6. The van der Waals surface area contributed by atoms with Gasteiger partial charge in [-0.25, -0.2) is 13.1 Å². The van der Waals surface area contributed by atoms with Gasteiger partial charge in [0.15, 0.2) is 4.60 Å². The first kappa shape index (κ1) is 15.5. The van der Waals surface area contributed by atoms with Crippen molar-refractivity contribution in [2.24, 2.45) is 12.8 Å². The van der Waals surface area contributed by atoms with Crippen molar-refractivity contribution in [1.29, 1.82) is 0 Å². The van der Waals surface area contributed by atoms with Gasteiger partial charge in [-0.05, 0) is 15.9 Å². The van der Waals surface area contributed by atoms with E-state index in [1.54, 1.807) is 0 Å². The summed E-state index contributed by atoms with van der Waals surface area (Å²) >= 11 is 2.89. The van der Waals surface area contributed by atoms with Gasteiger partial charge in [-0.2, -0.15) is 4.31 Å². The lowest BCUT2D eigenvalue weighted by molar-refractivity contribution is -0.137. The maximum absolute atomic E-state index is 12.2. The number of carboxylic acid groups (broad SMARTS) is 1. The molecule has 1 aromatic heterocycles. The highest BCUT2D eigenvalue weighted by Gasteiger charge is 2.33. The summed E-state index contributed by atoms with van der Waals surface area (Å²) in [6.45, 7) is -1.66. The van der Waals surface area contributed by atoms with Crippen molar-refractivity contribution in [3.05, 3.63) is 4.60 Å². The number of halogens is 1. The summed E-state index contributed by atoms with van der Waals surface area (Å²) < 4.78 is 25.7. The summed E-state index contributed by atoms with van der Waals surface area (Å²) in [4.78, 5) is 21.5. The minimum Gasteiger partial charge on any atom is -0.480 e. The molecule has 0 aliphatic heterocycles. The zero-order valence-electron chi connectivity index (χ0n) is 9.65. The maximum atomic E-state index is 12.2. The number of carbonyl (C=O) groups excluding carboxylic acids is 1. The minimum atomic E-state index is -4.27. The number of sulfonamides is 1. The van der Waals surface area contributed by atoms with Crippen molar-refractivity contribution < 1.29 is 23.1 Å². The first-order chi connectivity index (χ1) is 8.66. The summed E-state index contributed by atoms with van der Waals surface area (Å²) in [6.07, 6.45) is 0. The van der Waals surface area contributed by atoms with Crippen molar-refractivity contribution in [2.75, 3.05) is 13.1 Å². The number of nitrogens with two attached hydrogens (primary N) is 1. The van der Waals surface area contributed by atoms with Crippen LogP contribution in [-0.4, -0.2) is 57.8 Å². The van der Waals surface area contributed by atoms with Crippen LogP contribution < -0.4 is 5.73 Å². The Morgan fingerprint density at radius 1 is 1.47 bits per heavy atom. The molecule has 0 bridgehead atoms. The summed E-state index contributed by atoms with van der Waals surface area (Å²) in [5.74, 6) is -2.40. The highest BCUT2D eigenvalue weighted by Crippen LogP contribution is 2.21. The van der Waals surface area contributed by atoms with Crippen LogP contribution in [0.1, 0.15) is 0 Å². The van der Waals surface area contributed by atoms with Gasteiger partial charge in [0.2, 0.25) is 10.9 Å². The van der Waals surface area contributed by atoms with E-state index in [0.29, 0.717) is 4.31 Å². The van der Waals surface area contributed by atoms with Gasteiger partial charge in [-0.15, -0.1) is 5.10 Å². The van der Waals surface area contributed by atoms with Gasteiger partial charge in [0.25, 0.3) is 10.0 Å². The standard InChI is InChI=1S/C7H10BrN5O5S/c1-12-7(6(8)10-11-12)19(17,18)13(2-4(9)14)3-5(15)16/h2-3H2,1H3,(H2,9,14)(H,15,16). The van der Waals surface area contributed by atoms with Crippen molar-refractivity contribution >= 4 is 37.8 Å². The molecule has 3 N–H and O–H groups in total. The monoisotopic (exact) mass is 355 g/mol. The molecule has 12 heteroatoms. The van der Waals surface area contributed by atoms with E-state index in [1.807, 2.05) is 0 Å². The molecule has 0 radical (unpaired) electrons. The quantitative estimate of drug-likeness (QED) is 0.607. The summed E-state index contributed by atoms with van der Waals surface area (Å²) in [5.41, 5.74) is 4.91. The van der Waals surface area contributed by atoms with Crippen LogP contribution in [0.3, 0.4) is 0 Å². The minimum absolute atomic E-state index is 0.0881. The molecule has 0 aromatic carbocycles. The highest BCUT2D eigenvalue weighted by atomic mass is 79.9. The molecule has 0 atom stereocenters. The summed E-state index contributed by atoms with van der Waals surface area (Å²) in [6, 6.07) is 0. The number of aliphatic carboxylic acids is 1. The van der Waals surface area contributed by atoms with Gasteiger partial charge in [-0.1, -0.05) is 5.21 Å². The Hall–Kier alpha value is -1.53. The van der Waals surface area contributed by atoms with Crippen LogP contribution in [0.25, 0.3) is 0 Å². The van der Waals surface area contributed by atoms with Crippen LogP contribution in [0.2, 0.25) is 0 Å². The van der Waals surface area contributed by atoms with Crippen LogP contribution in [0.15, 0.2) is 9.63 Å². The number of hydrogen-bond donors (Lipinski definition) is 2. The number of hydrogen-bond acceptors (Lipinski definition) is 6. The molecule has 0 aliphatic rings. The Bertz CT molecular complexity index is 576. The predicted octanol–water partition coefficient (Wildman–Crippen LogP) is -1.86. The maximum Gasteiger partial charge on any atom is 0.318 e. The van der Waals surface area contributed by atoms with Crippen LogP contribution in [0.5, 0.6) is 0 Å². The third-order valence-electron chi connectivity index (χ3n) is 1.97. The molecule has 0 aliphatic carbocycles. The second kappa shape index (κ2) is 5.63. The Balaban J connectivity index is 3.27. The molecule has 0 saturated heterocycles. The fourth-order valence-electron chi connectivity index (χ4n) is 1.27. The number of aryl methyl sites for hydroxylation is 1. The van der Waals surface area contributed by atoms with E-state index in [2.05, 4.69) is 26.2 Å². The second-order valence-corrected chi connectivity index (χ2v) is 6.05. The topological polar surface area (TPSA) is 148 Å². The fourth-order valence-corrected chi connectivity index (χ4v) is 3.66. The van der Waals surface area contributed by atoms with Crippen LogP contribution in [-0.2, 0) is 26.7 Å². The number of carboxylic acids is 1. The Kier molecular flexibility index (Phi) is 4.60. The fraction of sp³-hybridized carbons (Fsp3) is 0.429. The average molecular weight is 356 g/mol. The number of amides is 1. The third-order valence-corrected chi connectivity index (χ3v) is 4.65. The van der Waals surface area contributed by atoms with E-state index in [1.165, 1.54) is 7.05 Å². The molecule has 1 aromatic rings. The molecule has 0 saturated carbocycles. The molecule has 1 rings (SSSR count). The van der Waals surface area contributed by atoms with Gasteiger partial charge < -0.3 is 10.8 Å². The van der Waals surface area contributed by atoms with E-state index in [-0.39, 0.29) is 9.63 Å². The van der Waals surface area contributed by atoms with E-state index < -0.39 is 35.0 Å². The molecule has 19 heavy (non-hydrogen) atoms. The Morgan fingerprint density at radius 3 is 2.42 bits per heavy atom. The van der Waals surface area contributed by atoms with Crippen molar-refractivity contribution in [1.82, 2.24) is 19.3 Å². The summed E-state index contributed by atoms with van der Waals surface area (Å²) in [5, 5.41) is 15.3. The van der Waals surface area contributed by atoms with E-state index in [0.717, 1.165) is 4.68 Å². The molecule has 1 amide bonds. The largest absolute Gasteiger partial charge is 0.480 e. The van der Waals surface area contributed by atoms with E-state index in [9.17, 15) is 18.0 Å². The van der Waals surface area contributed by atoms with Crippen LogP contribution >= 0.6 is 15.9 Å². The lowest BCUT2D eigenvalue weighted by Gasteiger charge is -2.18. The lowest BCUT2D eigenvalue weighted by Crippen LogP contribution is -2.42. The normalized spacial score (nSPS) is 11.7. The molecule has 10 nitrogen and oxygen atoms in total. The molecule has 0 fully saturated rings. The number of nitrogens with zero attached hydrogens (tertiary/aromatic N) is 4. The first-order valence-electron chi connectivity index (χ1n) is 4.71. The smallest absolute Gasteiger partial charge is 0.318 e. The Labute approximate surface area is 116 Å². The van der Waals surface area contributed by atoms with Crippen molar-refractivity contribution in [3.8, 4) is 0 Å². The highest BCUT2D eigenvalue weighted by molar-refractivity contribution is 9.10. The molecule has 1 heterocycles. The molecular formula is C7H10BrN5O5S. The van der Waals surface area contributed by atoms with Crippen molar-refractivity contribution in [3.63, 3.8) is 0 Å². The van der Waals surface area contributed by atoms with Gasteiger partial charge in [0, 0.05) is 7.05 Å². The summed E-state index contributed by atoms with van der Waals surface area (Å²) in [7, 11) is -2.95. The number of carbonyl (C=O) groups is 2. The van der Waals surface area contributed by atoms with Gasteiger partial charge in [0.1, 0.15) is 6.54 Å². The van der Waals surface area contributed by atoms with E-state index >= 15 is 0 Å². The second-order valence-electron chi connectivity index (χ2n) is 3.44. The molecule has 0 unspecified atom stereocenters. The average Bonchev–Trinajstić information content (AvgIpc) is 2.56. The van der Waals surface area contributed by atoms with E-state index in [4.69, 9.17) is 10.8 Å². The lowest BCUT2D eigenvalue weighted by atomic mass is 10.5. The zero-order chi connectivity index (χ0) is 14.8. The Morgan fingerprint density at radius 2 is 2.05 bits per heavy atom. The van der Waals surface area contributed by atoms with Gasteiger partial charge >= 0.3 is 5.97 Å². The first-order valence-corrected chi connectivity index (χ1v) is 6.95. The number of aromatic nitrogens is 3. The van der Waals surface area contributed by atoms with Crippen LogP contribution in [0, 0.1) is 0 Å². The SMILES string of the molecule is Cn1nnc(Br)c1S(=O)(=O)N(CC(N)=O)CC(=O)O. The number of primary amides is 1. The van der Waals surface area contributed by atoms with Gasteiger partial charge in [-0.3, -0.25) is 9.59 Å². The van der Waals surface area contributed by atoms with Crippen LogP contribution in [0.4, 0.5) is 0 Å². The predicted molar refractivity (Wildman–Crippen MR) is 64.3 cm³/mol. The third kappa shape index (κ3) is 3.48. The molecular weight excluding hydrogens is 346 g/mol. The molecule has 0 spiro atoms. The zero-order valence-corrected chi connectivity index (χ0v) is 12.0.